The van der Waals surface area contributed by atoms with Crippen LogP contribution in [0.25, 0.3) is 0 Å². The minimum Gasteiger partial charge on any atom is -0.369 e. The fourth-order valence-electron chi connectivity index (χ4n) is 2.17. The third kappa shape index (κ3) is 2.71. The van der Waals surface area contributed by atoms with E-state index in [1.54, 1.807) is 6.20 Å². The fraction of sp³-hybridized carbons (Fsp3) is 0.583. The van der Waals surface area contributed by atoms with Crippen molar-refractivity contribution < 1.29 is 4.74 Å². The van der Waals surface area contributed by atoms with E-state index in [-0.39, 0.29) is 11.7 Å². The highest BCUT2D eigenvalue weighted by atomic mass is 16.5. The summed E-state index contributed by atoms with van der Waals surface area (Å²) in [7, 11) is 0. The molecule has 90 valence electrons. The van der Waals surface area contributed by atoms with Crippen LogP contribution in [0, 0.1) is 11.3 Å². The molecule has 1 atom stereocenters. The van der Waals surface area contributed by atoms with Gasteiger partial charge in [-0.15, -0.1) is 0 Å². The van der Waals surface area contributed by atoms with Crippen molar-refractivity contribution in [3.8, 4) is 6.07 Å². The van der Waals surface area contributed by atoms with E-state index in [1.807, 2.05) is 13.0 Å². The van der Waals surface area contributed by atoms with Crippen LogP contribution in [0.3, 0.4) is 0 Å². The summed E-state index contributed by atoms with van der Waals surface area (Å²) >= 11 is 0. The zero-order valence-corrected chi connectivity index (χ0v) is 10.3. The number of hydrogen-bond acceptors (Lipinski definition) is 5. The lowest BCUT2D eigenvalue weighted by Gasteiger charge is -2.42. The molecule has 1 fully saturated rings. The molecule has 0 N–H and O–H groups in total. The molecule has 1 aliphatic rings. The number of nitriles is 1. The summed E-state index contributed by atoms with van der Waals surface area (Å²) in [6, 6.07) is 1.97. The number of hydrogen-bond donors (Lipinski definition) is 0. The fourth-order valence-corrected chi connectivity index (χ4v) is 2.17. The third-order valence-corrected chi connectivity index (χ3v) is 2.65. The maximum absolute atomic E-state index is 8.68. The first kappa shape index (κ1) is 11.8. The van der Waals surface area contributed by atoms with Gasteiger partial charge in [-0.2, -0.15) is 5.26 Å². The lowest BCUT2D eigenvalue weighted by molar-refractivity contribution is -0.0751. The normalized spacial score (nSPS) is 23.2. The first-order valence-electron chi connectivity index (χ1n) is 5.65. The molecule has 1 aromatic heterocycles. The van der Waals surface area contributed by atoms with Gasteiger partial charge < -0.3 is 9.64 Å². The zero-order valence-electron chi connectivity index (χ0n) is 10.3. The first-order chi connectivity index (χ1) is 8.00. The van der Waals surface area contributed by atoms with Crippen molar-refractivity contribution in [2.45, 2.75) is 32.5 Å². The molecule has 0 radical (unpaired) electrons. The molecule has 0 saturated carbocycles. The number of nitrogens with zero attached hydrogens (tertiary/aromatic N) is 4. The molecule has 1 saturated heterocycles. The number of rotatable bonds is 1. The van der Waals surface area contributed by atoms with Crippen molar-refractivity contribution in [2.24, 2.45) is 0 Å². The number of ether oxygens (including phenoxy) is 1. The predicted octanol–water partition coefficient (Wildman–Crippen LogP) is 1.35. The number of aromatic nitrogens is 2. The van der Waals surface area contributed by atoms with Crippen LogP contribution < -0.4 is 4.90 Å². The van der Waals surface area contributed by atoms with Gasteiger partial charge in [-0.25, -0.2) is 9.97 Å². The Balaban J connectivity index is 2.18. The van der Waals surface area contributed by atoms with E-state index in [0.717, 1.165) is 18.9 Å². The topological polar surface area (TPSA) is 62.0 Å². The van der Waals surface area contributed by atoms with Gasteiger partial charge >= 0.3 is 0 Å². The van der Waals surface area contributed by atoms with E-state index in [1.165, 1.54) is 6.20 Å². The van der Waals surface area contributed by atoms with E-state index in [9.17, 15) is 0 Å². The molecule has 1 aliphatic heterocycles. The average molecular weight is 232 g/mol. The molecule has 0 amide bonds. The summed E-state index contributed by atoms with van der Waals surface area (Å²) in [4.78, 5) is 10.4. The highest BCUT2D eigenvalue weighted by Crippen LogP contribution is 2.24. The Hall–Kier alpha value is -1.67. The molecule has 1 unspecified atom stereocenters. The van der Waals surface area contributed by atoms with Crippen molar-refractivity contribution in [2.75, 3.05) is 18.0 Å². The second-order valence-corrected chi connectivity index (χ2v) is 4.94. The Morgan fingerprint density at radius 2 is 2.24 bits per heavy atom. The Morgan fingerprint density at radius 1 is 1.47 bits per heavy atom. The largest absolute Gasteiger partial charge is 0.369 e. The highest BCUT2D eigenvalue weighted by Gasteiger charge is 2.31. The second-order valence-electron chi connectivity index (χ2n) is 4.94. The maximum atomic E-state index is 8.68. The summed E-state index contributed by atoms with van der Waals surface area (Å²) in [6.45, 7) is 7.74. The van der Waals surface area contributed by atoms with Gasteiger partial charge in [-0.05, 0) is 20.8 Å². The Kier molecular flexibility index (Phi) is 2.99. The number of anilines is 1. The first-order valence-corrected chi connectivity index (χ1v) is 5.65. The molecule has 0 aliphatic carbocycles. The van der Waals surface area contributed by atoms with Crippen molar-refractivity contribution >= 4 is 5.82 Å². The molecule has 17 heavy (non-hydrogen) atoms. The Morgan fingerprint density at radius 3 is 2.76 bits per heavy atom. The van der Waals surface area contributed by atoms with Crippen LogP contribution in [-0.4, -0.2) is 34.8 Å². The lowest BCUT2D eigenvalue weighted by Crippen LogP contribution is -2.52. The van der Waals surface area contributed by atoms with Gasteiger partial charge in [0.15, 0.2) is 5.69 Å². The van der Waals surface area contributed by atoms with E-state index in [4.69, 9.17) is 10.00 Å². The molecule has 5 heteroatoms. The van der Waals surface area contributed by atoms with Crippen molar-refractivity contribution in [3.05, 3.63) is 18.1 Å². The zero-order chi connectivity index (χ0) is 12.5. The Labute approximate surface area is 101 Å². The minimum atomic E-state index is -0.187. The summed E-state index contributed by atoms with van der Waals surface area (Å²) < 4.78 is 5.83. The van der Waals surface area contributed by atoms with Gasteiger partial charge in [-0.1, -0.05) is 0 Å². The van der Waals surface area contributed by atoms with E-state index in [0.29, 0.717) is 5.69 Å². The second kappa shape index (κ2) is 4.30. The van der Waals surface area contributed by atoms with E-state index in [2.05, 4.69) is 28.7 Å². The molecule has 5 nitrogen and oxygen atoms in total. The molecule has 2 rings (SSSR count). The van der Waals surface area contributed by atoms with Crippen LogP contribution in [0.5, 0.6) is 0 Å². The third-order valence-electron chi connectivity index (χ3n) is 2.65. The summed E-state index contributed by atoms with van der Waals surface area (Å²) in [5.74, 6) is 0.798. The van der Waals surface area contributed by atoms with Crippen LogP contribution >= 0.6 is 0 Å². The summed E-state index contributed by atoms with van der Waals surface area (Å²) in [6.07, 6.45) is 3.31. The highest BCUT2D eigenvalue weighted by molar-refractivity contribution is 5.38. The van der Waals surface area contributed by atoms with Gasteiger partial charge in [0.2, 0.25) is 0 Å². The molecule has 1 aromatic rings. The van der Waals surface area contributed by atoms with Crippen molar-refractivity contribution in [3.63, 3.8) is 0 Å². The van der Waals surface area contributed by atoms with Crippen LogP contribution in [0.4, 0.5) is 5.82 Å². The predicted molar refractivity (Wildman–Crippen MR) is 63.6 cm³/mol. The van der Waals surface area contributed by atoms with Crippen LogP contribution in [0.15, 0.2) is 12.4 Å². The van der Waals surface area contributed by atoms with Gasteiger partial charge in [0.1, 0.15) is 11.9 Å². The van der Waals surface area contributed by atoms with Crippen molar-refractivity contribution in [1.82, 2.24) is 9.97 Å². The maximum Gasteiger partial charge on any atom is 0.158 e. The van der Waals surface area contributed by atoms with Gasteiger partial charge in [0, 0.05) is 13.1 Å². The summed E-state index contributed by atoms with van der Waals surface area (Å²) in [5.41, 5.74) is 0.155. The monoisotopic (exact) mass is 232 g/mol. The van der Waals surface area contributed by atoms with Crippen molar-refractivity contribution in [1.29, 1.82) is 5.26 Å². The molecule has 2 heterocycles. The van der Waals surface area contributed by atoms with E-state index < -0.39 is 0 Å². The molecule has 0 bridgehead atoms. The average Bonchev–Trinajstić information content (AvgIpc) is 2.26. The van der Waals surface area contributed by atoms with Crippen LogP contribution in [0.1, 0.15) is 26.5 Å². The van der Waals surface area contributed by atoms with Crippen LogP contribution in [0.2, 0.25) is 0 Å². The molecular formula is C12H16N4O. The van der Waals surface area contributed by atoms with Gasteiger partial charge in [-0.3, -0.25) is 0 Å². The Bertz CT molecular complexity index is 435. The minimum absolute atomic E-state index is 0.163. The molecular weight excluding hydrogens is 216 g/mol. The summed E-state index contributed by atoms with van der Waals surface area (Å²) in [5, 5.41) is 8.68. The van der Waals surface area contributed by atoms with Gasteiger partial charge in [0.25, 0.3) is 0 Å². The molecule has 0 spiro atoms. The quantitative estimate of drug-likeness (QED) is 0.731. The molecule has 0 aromatic carbocycles. The standard InChI is InChI=1S/C12H16N4O/c1-9-7-16(8-12(2,3)17-9)11-6-14-10(4-13)5-15-11/h5-6,9H,7-8H2,1-3H3. The number of morpholine rings is 1. The lowest BCUT2D eigenvalue weighted by atomic mass is 10.1. The van der Waals surface area contributed by atoms with Crippen LogP contribution in [-0.2, 0) is 4.74 Å². The SMILES string of the molecule is CC1CN(c2cnc(C#N)cn2)CC(C)(C)O1. The van der Waals surface area contributed by atoms with E-state index >= 15 is 0 Å². The smallest absolute Gasteiger partial charge is 0.158 e. The van der Waals surface area contributed by atoms with Gasteiger partial charge in [0.05, 0.1) is 24.1 Å².